The van der Waals surface area contributed by atoms with Crippen molar-refractivity contribution in [3.05, 3.63) is 69.5 Å². The van der Waals surface area contributed by atoms with Gasteiger partial charge in [0.2, 0.25) is 5.91 Å². The van der Waals surface area contributed by atoms with Crippen LogP contribution in [0.2, 0.25) is 0 Å². The summed E-state index contributed by atoms with van der Waals surface area (Å²) >= 11 is 5.36. The molecule has 1 unspecified atom stereocenters. The lowest BCUT2D eigenvalue weighted by Crippen LogP contribution is -2.30. The van der Waals surface area contributed by atoms with E-state index in [4.69, 9.17) is 12.2 Å². The number of hydrogen-bond donors (Lipinski definition) is 2. The van der Waals surface area contributed by atoms with Crippen molar-refractivity contribution in [2.75, 3.05) is 0 Å². The highest BCUT2D eigenvalue weighted by Crippen LogP contribution is 2.25. The third-order valence-electron chi connectivity index (χ3n) is 5.59. The van der Waals surface area contributed by atoms with Crippen LogP contribution in [0, 0.1) is 11.7 Å². The van der Waals surface area contributed by atoms with Gasteiger partial charge in [-0.3, -0.25) is 14.5 Å². The van der Waals surface area contributed by atoms with Crippen LogP contribution in [0.25, 0.3) is 11.4 Å². The van der Waals surface area contributed by atoms with E-state index < -0.39 is 0 Å². The molecule has 2 N–H and O–H groups in total. The predicted octanol–water partition coefficient (Wildman–Crippen LogP) is 4.67. The molecule has 0 spiro atoms. The highest BCUT2D eigenvalue weighted by molar-refractivity contribution is 7.71. The van der Waals surface area contributed by atoms with Crippen molar-refractivity contribution in [1.82, 2.24) is 20.1 Å². The topological polar surface area (TPSA) is 62.7 Å². The molecule has 1 aliphatic carbocycles. The fourth-order valence-corrected chi connectivity index (χ4v) is 4.20. The molecular formula is C23H26N4OS. The van der Waals surface area contributed by atoms with Crippen LogP contribution in [-0.2, 0) is 24.2 Å². The normalized spacial score (nSPS) is 14.3. The largest absolute Gasteiger partial charge is 0.348 e. The highest BCUT2D eigenvalue weighted by atomic mass is 32.1. The molecule has 3 aromatic rings. The molecule has 1 heterocycles. The number of aromatic nitrogens is 3. The lowest BCUT2D eigenvalue weighted by atomic mass is 9.89. The number of amides is 1. The Bertz CT molecular complexity index is 1100. The molecule has 1 aromatic heterocycles. The average Bonchev–Trinajstić information content (AvgIpc) is 3.07. The summed E-state index contributed by atoms with van der Waals surface area (Å²) in [7, 11) is 0. The first-order valence-electron chi connectivity index (χ1n) is 10.1. The van der Waals surface area contributed by atoms with Crippen LogP contribution >= 0.6 is 12.2 Å². The molecule has 4 rings (SSSR count). The van der Waals surface area contributed by atoms with Crippen LogP contribution in [0.4, 0.5) is 0 Å². The van der Waals surface area contributed by atoms with Crippen molar-refractivity contribution in [2.45, 2.75) is 52.1 Å². The van der Waals surface area contributed by atoms with Crippen molar-refractivity contribution in [2.24, 2.45) is 0 Å². The summed E-state index contributed by atoms with van der Waals surface area (Å²) in [6.07, 6.45) is 4.82. The Kier molecular flexibility index (Phi) is 5.62. The minimum absolute atomic E-state index is 0.0572. The number of hydrogen-bond acceptors (Lipinski definition) is 3. The molecule has 5 nitrogen and oxygen atoms in total. The van der Waals surface area contributed by atoms with Crippen LogP contribution in [-0.4, -0.2) is 20.7 Å². The first kappa shape index (κ1) is 19.6. The first-order valence-corrected chi connectivity index (χ1v) is 10.6. The number of H-pyrrole nitrogens is 1. The van der Waals surface area contributed by atoms with Crippen LogP contribution in [0.15, 0.2) is 42.5 Å². The van der Waals surface area contributed by atoms with Gasteiger partial charge in [-0.15, -0.1) is 0 Å². The van der Waals surface area contributed by atoms with Gasteiger partial charge >= 0.3 is 0 Å². The lowest BCUT2D eigenvalue weighted by Gasteiger charge is -2.20. The third kappa shape index (κ3) is 4.32. The molecule has 0 saturated heterocycles. The molecule has 0 fully saturated rings. The van der Waals surface area contributed by atoms with E-state index in [9.17, 15) is 4.79 Å². The van der Waals surface area contributed by atoms with E-state index >= 15 is 0 Å². The zero-order chi connectivity index (χ0) is 20.4. The zero-order valence-electron chi connectivity index (χ0n) is 16.9. The zero-order valence-corrected chi connectivity index (χ0v) is 17.7. The van der Waals surface area contributed by atoms with Crippen molar-refractivity contribution in [3.63, 3.8) is 0 Å². The Hall–Kier alpha value is -2.73. The highest BCUT2D eigenvalue weighted by Gasteiger charge is 2.16. The summed E-state index contributed by atoms with van der Waals surface area (Å²) in [4.78, 5) is 12.8. The molecule has 1 atom stereocenters. The predicted molar refractivity (Wildman–Crippen MR) is 117 cm³/mol. The Morgan fingerprint density at radius 1 is 1.21 bits per heavy atom. The maximum atomic E-state index is 12.8. The third-order valence-corrected chi connectivity index (χ3v) is 5.90. The van der Waals surface area contributed by atoms with Gasteiger partial charge in [0.05, 0.1) is 6.04 Å². The number of aryl methyl sites for hydroxylation is 3. The molecule has 0 bridgehead atoms. The lowest BCUT2D eigenvalue weighted by molar-refractivity contribution is -0.122. The van der Waals surface area contributed by atoms with Crippen molar-refractivity contribution in [1.29, 1.82) is 0 Å². The molecule has 6 heteroatoms. The molecule has 1 amide bonds. The number of rotatable bonds is 5. The van der Waals surface area contributed by atoms with Crippen molar-refractivity contribution >= 4 is 18.1 Å². The van der Waals surface area contributed by atoms with E-state index in [1.54, 1.807) is 4.57 Å². The summed E-state index contributed by atoms with van der Waals surface area (Å²) in [5.41, 5.74) is 6.09. The van der Waals surface area contributed by atoms with E-state index in [2.05, 4.69) is 33.7 Å². The summed E-state index contributed by atoms with van der Waals surface area (Å²) in [6, 6.07) is 14.6. The quantitative estimate of drug-likeness (QED) is 0.605. The number of aromatic amines is 1. The Labute approximate surface area is 176 Å². The molecule has 1 aliphatic rings. The fourth-order valence-electron chi connectivity index (χ4n) is 4.01. The monoisotopic (exact) mass is 406 g/mol. The average molecular weight is 407 g/mol. The van der Waals surface area contributed by atoms with E-state index in [1.807, 2.05) is 38.1 Å². The van der Waals surface area contributed by atoms with Gasteiger partial charge in [0.25, 0.3) is 0 Å². The van der Waals surface area contributed by atoms with Crippen molar-refractivity contribution in [3.8, 4) is 11.4 Å². The number of fused-ring (bicyclic) bond motifs is 1. The number of nitrogens with zero attached hydrogens (tertiary/aromatic N) is 2. The van der Waals surface area contributed by atoms with E-state index in [1.165, 1.54) is 24.0 Å². The van der Waals surface area contributed by atoms with Crippen molar-refractivity contribution < 1.29 is 4.79 Å². The van der Waals surface area contributed by atoms with Gasteiger partial charge in [-0.1, -0.05) is 42.0 Å². The van der Waals surface area contributed by atoms with E-state index in [0.717, 1.165) is 29.5 Å². The minimum atomic E-state index is -0.0818. The maximum absolute atomic E-state index is 12.8. The number of benzene rings is 2. The van der Waals surface area contributed by atoms with Crippen LogP contribution < -0.4 is 5.32 Å². The molecule has 0 aliphatic heterocycles. The second-order valence-electron chi connectivity index (χ2n) is 7.83. The SMILES string of the molecule is Cc1cccc(-c2n[nH]c(=S)n2CC(=O)NC(C)c2ccc3c(c2)CCCC3)c1. The fraction of sp³-hybridized carbons (Fsp3) is 0.348. The van der Waals surface area contributed by atoms with E-state index in [0.29, 0.717) is 10.6 Å². The number of carbonyl (C=O) groups excluding carboxylic acids is 1. The Morgan fingerprint density at radius 3 is 2.79 bits per heavy atom. The van der Waals surface area contributed by atoms with Crippen LogP contribution in [0.5, 0.6) is 0 Å². The molecule has 0 radical (unpaired) electrons. The summed E-state index contributed by atoms with van der Waals surface area (Å²) in [5.74, 6) is 0.594. The van der Waals surface area contributed by atoms with Gasteiger partial charge in [0.1, 0.15) is 6.54 Å². The molecule has 0 saturated carbocycles. The van der Waals surface area contributed by atoms with E-state index in [-0.39, 0.29) is 18.5 Å². The standard InChI is InChI=1S/C23H26N4OS/c1-15-6-5-9-20(12-15)22-25-26-23(29)27(22)14-21(28)24-16(2)18-11-10-17-7-3-4-8-19(17)13-18/h5-6,9-13,16H,3-4,7-8,14H2,1-2H3,(H,24,28)(H,26,29). The Morgan fingerprint density at radius 2 is 2.00 bits per heavy atom. The molecular weight excluding hydrogens is 380 g/mol. The number of carbonyl (C=O) groups is 1. The Balaban J connectivity index is 1.49. The van der Waals surface area contributed by atoms with Gasteiger partial charge in [-0.2, -0.15) is 5.10 Å². The van der Waals surface area contributed by atoms with Gasteiger partial charge in [-0.05, 0) is 74.5 Å². The molecule has 150 valence electrons. The second-order valence-corrected chi connectivity index (χ2v) is 8.22. The number of nitrogens with one attached hydrogen (secondary N) is 2. The van der Waals surface area contributed by atoms with Crippen LogP contribution in [0.1, 0.15) is 48.1 Å². The minimum Gasteiger partial charge on any atom is -0.348 e. The summed E-state index contributed by atoms with van der Waals surface area (Å²) in [5, 5.41) is 10.3. The second kappa shape index (κ2) is 8.33. The summed E-state index contributed by atoms with van der Waals surface area (Å²) < 4.78 is 2.19. The first-order chi connectivity index (χ1) is 14.0. The summed E-state index contributed by atoms with van der Waals surface area (Å²) in [6.45, 7) is 4.19. The van der Waals surface area contributed by atoms with Crippen LogP contribution in [0.3, 0.4) is 0 Å². The molecule has 2 aromatic carbocycles. The van der Waals surface area contributed by atoms with Gasteiger partial charge in [-0.25, -0.2) is 0 Å². The smallest absolute Gasteiger partial charge is 0.240 e. The van der Waals surface area contributed by atoms with Gasteiger partial charge in [0, 0.05) is 5.56 Å². The van der Waals surface area contributed by atoms with Gasteiger partial charge < -0.3 is 5.32 Å². The van der Waals surface area contributed by atoms with Gasteiger partial charge in [0.15, 0.2) is 10.6 Å². The molecule has 29 heavy (non-hydrogen) atoms. The maximum Gasteiger partial charge on any atom is 0.240 e.